The Labute approximate surface area is 129 Å². The van der Waals surface area contributed by atoms with E-state index in [2.05, 4.69) is 37.2 Å². The van der Waals surface area contributed by atoms with Gasteiger partial charge in [-0.2, -0.15) is 0 Å². The first kappa shape index (κ1) is 14.8. The van der Waals surface area contributed by atoms with Crippen LogP contribution in [0.2, 0.25) is 0 Å². The highest BCUT2D eigenvalue weighted by molar-refractivity contribution is 9.11. The Morgan fingerprint density at radius 2 is 2.00 bits per heavy atom. The number of halogens is 2. The lowest BCUT2D eigenvalue weighted by molar-refractivity contribution is -0.123. The average molecular weight is 392 g/mol. The van der Waals surface area contributed by atoms with Gasteiger partial charge in [0.05, 0.1) is 8.95 Å². The molecular formula is C13H16Br2N2O2. The van der Waals surface area contributed by atoms with Crippen molar-refractivity contribution in [1.82, 2.24) is 5.32 Å². The van der Waals surface area contributed by atoms with Crippen molar-refractivity contribution in [3.05, 3.63) is 26.6 Å². The Balaban J connectivity index is 1.89. The van der Waals surface area contributed by atoms with Crippen molar-refractivity contribution >= 4 is 37.8 Å². The number of nitrogens with two attached hydrogens (primary N) is 1. The number of amides is 1. The first-order valence-corrected chi connectivity index (χ1v) is 7.76. The number of hydrogen-bond donors (Lipinski definition) is 2. The number of benzene rings is 1. The minimum absolute atomic E-state index is 0.0197. The molecule has 1 amide bonds. The Bertz CT molecular complexity index is 453. The predicted octanol–water partition coefficient (Wildman–Crippen LogP) is 2.58. The van der Waals surface area contributed by atoms with Crippen molar-refractivity contribution in [1.29, 1.82) is 0 Å². The highest BCUT2D eigenvalue weighted by Gasteiger charge is 2.21. The zero-order chi connectivity index (χ0) is 13.8. The number of hydrogen-bond acceptors (Lipinski definition) is 3. The summed E-state index contributed by atoms with van der Waals surface area (Å²) in [6, 6.07) is 3.78. The van der Waals surface area contributed by atoms with Crippen LogP contribution in [0.1, 0.15) is 18.4 Å². The molecule has 1 aliphatic rings. The van der Waals surface area contributed by atoms with Gasteiger partial charge in [0.15, 0.2) is 6.61 Å². The standard InChI is InChI=1S/C13H16Br2N2O2/c14-10-3-9(5-16)4-11(15)13(10)19-7-12(18)17-6-8-1-2-8/h3-4,8H,1-2,5-7,16H2,(H,17,18). The molecule has 0 heterocycles. The number of nitrogens with one attached hydrogen (secondary N) is 1. The van der Waals surface area contributed by atoms with E-state index in [0.29, 0.717) is 18.2 Å². The first-order chi connectivity index (χ1) is 9.10. The molecule has 0 spiro atoms. The molecule has 0 aromatic heterocycles. The van der Waals surface area contributed by atoms with Crippen LogP contribution in [0.4, 0.5) is 0 Å². The third-order valence-electron chi connectivity index (χ3n) is 2.93. The van der Waals surface area contributed by atoms with Crippen LogP contribution in [0.3, 0.4) is 0 Å². The van der Waals surface area contributed by atoms with Gasteiger partial charge in [0.25, 0.3) is 5.91 Å². The van der Waals surface area contributed by atoms with Crippen LogP contribution < -0.4 is 15.8 Å². The monoisotopic (exact) mass is 390 g/mol. The predicted molar refractivity (Wildman–Crippen MR) is 81.0 cm³/mol. The quantitative estimate of drug-likeness (QED) is 0.783. The Kier molecular flexibility index (Phi) is 5.24. The molecule has 0 bridgehead atoms. The van der Waals surface area contributed by atoms with E-state index in [4.69, 9.17) is 10.5 Å². The van der Waals surface area contributed by atoms with Crippen molar-refractivity contribution in [3.63, 3.8) is 0 Å². The molecule has 1 aromatic rings. The largest absolute Gasteiger partial charge is 0.481 e. The molecule has 0 unspecified atom stereocenters. The molecule has 3 N–H and O–H groups in total. The fraction of sp³-hybridized carbons (Fsp3) is 0.462. The first-order valence-electron chi connectivity index (χ1n) is 6.17. The van der Waals surface area contributed by atoms with Gasteiger partial charge >= 0.3 is 0 Å². The summed E-state index contributed by atoms with van der Waals surface area (Å²) in [6.07, 6.45) is 2.44. The molecule has 1 aromatic carbocycles. The van der Waals surface area contributed by atoms with Crippen LogP contribution in [0.5, 0.6) is 5.75 Å². The maximum atomic E-state index is 11.6. The zero-order valence-electron chi connectivity index (χ0n) is 10.4. The third-order valence-corrected chi connectivity index (χ3v) is 4.10. The highest BCUT2D eigenvalue weighted by Crippen LogP contribution is 2.34. The number of rotatable bonds is 6. The fourth-order valence-electron chi connectivity index (χ4n) is 1.64. The molecule has 0 aliphatic heterocycles. The van der Waals surface area contributed by atoms with Crippen LogP contribution >= 0.6 is 31.9 Å². The van der Waals surface area contributed by atoms with Crippen molar-refractivity contribution in [2.45, 2.75) is 19.4 Å². The highest BCUT2D eigenvalue weighted by atomic mass is 79.9. The van der Waals surface area contributed by atoms with Crippen molar-refractivity contribution in [2.75, 3.05) is 13.2 Å². The molecule has 104 valence electrons. The van der Waals surface area contributed by atoms with E-state index in [9.17, 15) is 4.79 Å². The SMILES string of the molecule is NCc1cc(Br)c(OCC(=O)NCC2CC2)c(Br)c1. The molecule has 1 aliphatic carbocycles. The summed E-state index contributed by atoms with van der Waals surface area (Å²) in [4.78, 5) is 11.6. The van der Waals surface area contributed by atoms with Gasteiger partial charge in [-0.25, -0.2) is 0 Å². The normalized spacial score (nSPS) is 14.3. The van der Waals surface area contributed by atoms with Gasteiger partial charge in [0.2, 0.25) is 0 Å². The second-order valence-electron chi connectivity index (χ2n) is 4.63. The smallest absolute Gasteiger partial charge is 0.257 e. The van der Waals surface area contributed by atoms with E-state index in [-0.39, 0.29) is 12.5 Å². The Morgan fingerprint density at radius 3 is 2.53 bits per heavy atom. The third kappa shape index (κ3) is 4.47. The van der Waals surface area contributed by atoms with E-state index in [1.165, 1.54) is 12.8 Å². The molecule has 0 saturated heterocycles. The summed E-state index contributed by atoms with van der Waals surface area (Å²) >= 11 is 6.84. The Hall–Kier alpha value is -0.590. The van der Waals surface area contributed by atoms with E-state index in [1.807, 2.05) is 12.1 Å². The van der Waals surface area contributed by atoms with E-state index in [1.54, 1.807) is 0 Å². The van der Waals surface area contributed by atoms with Crippen molar-refractivity contribution < 1.29 is 9.53 Å². The van der Waals surface area contributed by atoms with E-state index < -0.39 is 0 Å². The number of carbonyl (C=O) groups excluding carboxylic acids is 1. The van der Waals surface area contributed by atoms with E-state index in [0.717, 1.165) is 21.1 Å². The lowest BCUT2D eigenvalue weighted by Gasteiger charge is -2.11. The van der Waals surface area contributed by atoms with Crippen molar-refractivity contribution in [3.8, 4) is 5.75 Å². The van der Waals surface area contributed by atoms with Gasteiger partial charge in [-0.05, 0) is 68.3 Å². The molecule has 0 radical (unpaired) electrons. The molecule has 1 saturated carbocycles. The van der Waals surface area contributed by atoms with Crippen LogP contribution in [0.15, 0.2) is 21.1 Å². The lowest BCUT2D eigenvalue weighted by atomic mass is 10.2. The van der Waals surface area contributed by atoms with Gasteiger partial charge in [-0.3, -0.25) is 4.79 Å². The van der Waals surface area contributed by atoms with Gasteiger partial charge in [0, 0.05) is 13.1 Å². The number of ether oxygens (including phenoxy) is 1. The summed E-state index contributed by atoms with van der Waals surface area (Å²) < 4.78 is 7.11. The molecule has 0 atom stereocenters. The summed E-state index contributed by atoms with van der Waals surface area (Å²) in [5, 5.41) is 2.86. The van der Waals surface area contributed by atoms with Gasteiger partial charge in [0.1, 0.15) is 5.75 Å². The fourth-order valence-corrected chi connectivity index (χ4v) is 3.15. The van der Waals surface area contributed by atoms with Crippen LogP contribution in [0.25, 0.3) is 0 Å². The van der Waals surface area contributed by atoms with Crippen molar-refractivity contribution in [2.24, 2.45) is 11.7 Å². The van der Waals surface area contributed by atoms with Gasteiger partial charge < -0.3 is 15.8 Å². The molecular weight excluding hydrogens is 376 g/mol. The van der Waals surface area contributed by atoms with Crippen LogP contribution in [-0.2, 0) is 11.3 Å². The number of carbonyl (C=O) groups is 1. The summed E-state index contributed by atoms with van der Waals surface area (Å²) in [6.45, 7) is 1.24. The molecule has 4 nitrogen and oxygen atoms in total. The van der Waals surface area contributed by atoms with Gasteiger partial charge in [-0.15, -0.1) is 0 Å². The van der Waals surface area contributed by atoms with Crippen LogP contribution in [-0.4, -0.2) is 19.1 Å². The maximum absolute atomic E-state index is 11.6. The minimum atomic E-state index is -0.0893. The van der Waals surface area contributed by atoms with E-state index >= 15 is 0 Å². The lowest BCUT2D eigenvalue weighted by Crippen LogP contribution is -2.30. The molecule has 19 heavy (non-hydrogen) atoms. The Morgan fingerprint density at radius 1 is 1.37 bits per heavy atom. The second kappa shape index (κ2) is 6.72. The van der Waals surface area contributed by atoms with Gasteiger partial charge in [-0.1, -0.05) is 0 Å². The maximum Gasteiger partial charge on any atom is 0.257 e. The second-order valence-corrected chi connectivity index (χ2v) is 6.34. The minimum Gasteiger partial charge on any atom is -0.481 e. The summed E-state index contributed by atoms with van der Waals surface area (Å²) in [5.41, 5.74) is 6.58. The average Bonchev–Trinajstić information content (AvgIpc) is 3.19. The molecule has 6 heteroatoms. The van der Waals surface area contributed by atoms with Crippen LogP contribution in [0, 0.1) is 5.92 Å². The topological polar surface area (TPSA) is 64.3 Å². The molecule has 2 rings (SSSR count). The summed E-state index contributed by atoms with van der Waals surface area (Å²) in [7, 11) is 0. The zero-order valence-corrected chi connectivity index (χ0v) is 13.6. The molecule has 1 fully saturated rings. The summed E-state index contributed by atoms with van der Waals surface area (Å²) in [5.74, 6) is 1.21.